The highest BCUT2D eigenvalue weighted by molar-refractivity contribution is 5.93. The first-order valence-corrected chi connectivity index (χ1v) is 8.42. The minimum absolute atomic E-state index is 0.112. The van der Waals surface area contributed by atoms with Gasteiger partial charge < -0.3 is 15.2 Å². The first-order valence-electron chi connectivity index (χ1n) is 8.42. The molecule has 0 aromatic carbocycles. The number of hydrogen-bond donors (Lipinski definition) is 2. The van der Waals surface area contributed by atoms with E-state index in [4.69, 9.17) is 20.6 Å². The van der Waals surface area contributed by atoms with Crippen LogP contribution in [0.25, 0.3) is 11.1 Å². The van der Waals surface area contributed by atoms with Crippen molar-refractivity contribution in [1.29, 1.82) is 5.41 Å². The van der Waals surface area contributed by atoms with Crippen LogP contribution in [-0.4, -0.2) is 35.0 Å². The summed E-state index contributed by atoms with van der Waals surface area (Å²) in [6, 6.07) is 2.96. The molecule has 0 unspecified atom stereocenters. The zero-order valence-corrected chi connectivity index (χ0v) is 15.8. The van der Waals surface area contributed by atoms with Gasteiger partial charge in [-0.25, -0.2) is 14.4 Å². The number of nitrogens with zero attached hydrogens (tertiary/aromatic N) is 2. The molecule has 8 heteroatoms. The van der Waals surface area contributed by atoms with Crippen LogP contribution in [0.4, 0.5) is 4.39 Å². The van der Waals surface area contributed by atoms with Gasteiger partial charge in [0.1, 0.15) is 18.1 Å². The number of halogens is 1. The number of rotatable bonds is 7. The number of pyridine rings is 2. The number of amidine groups is 1. The van der Waals surface area contributed by atoms with E-state index in [1.54, 1.807) is 33.0 Å². The highest BCUT2D eigenvalue weighted by Gasteiger charge is 2.30. The van der Waals surface area contributed by atoms with Gasteiger partial charge in [0.05, 0.1) is 12.0 Å². The van der Waals surface area contributed by atoms with Crippen LogP contribution in [0.5, 0.6) is 5.88 Å². The Balaban J connectivity index is 2.17. The summed E-state index contributed by atoms with van der Waals surface area (Å²) in [6.45, 7) is 7.47. The van der Waals surface area contributed by atoms with Gasteiger partial charge in [-0.1, -0.05) is 0 Å². The molecule has 0 atom stereocenters. The minimum atomic E-state index is -0.806. The van der Waals surface area contributed by atoms with Crippen LogP contribution >= 0.6 is 0 Å². The Morgan fingerprint density at radius 3 is 2.56 bits per heavy atom. The zero-order chi connectivity index (χ0) is 20.2. The molecule has 2 aromatic rings. The number of esters is 1. The number of nitrogens with one attached hydrogen (secondary N) is 1. The number of nitrogen functional groups attached to an aromatic ring is 1. The van der Waals surface area contributed by atoms with Crippen LogP contribution in [0.1, 0.15) is 32.0 Å². The van der Waals surface area contributed by atoms with Crippen molar-refractivity contribution in [3.05, 3.63) is 41.6 Å². The van der Waals surface area contributed by atoms with Gasteiger partial charge in [-0.3, -0.25) is 10.2 Å². The fourth-order valence-electron chi connectivity index (χ4n) is 2.33. The second-order valence-corrected chi connectivity index (χ2v) is 6.70. The number of nitrogens with two attached hydrogens (primary N) is 1. The van der Waals surface area contributed by atoms with Gasteiger partial charge in [0.15, 0.2) is 5.82 Å². The third-order valence-corrected chi connectivity index (χ3v) is 3.90. The van der Waals surface area contributed by atoms with E-state index in [2.05, 4.69) is 9.97 Å². The van der Waals surface area contributed by atoms with Crippen molar-refractivity contribution < 1.29 is 18.7 Å². The third-order valence-electron chi connectivity index (χ3n) is 3.90. The molecular formula is C19H23FN4O3. The van der Waals surface area contributed by atoms with Crippen molar-refractivity contribution in [2.24, 2.45) is 11.1 Å². The number of carbonyl (C=O) groups is 1. The lowest BCUT2D eigenvalue weighted by Crippen LogP contribution is -2.33. The molecule has 0 fully saturated rings. The highest BCUT2D eigenvalue weighted by atomic mass is 19.1. The average Bonchev–Trinajstić information content (AvgIpc) is 2.60. The maximum absolute atomic E-state index is 14.0. The first-order chi connectivity index (χ1) is 12.7. The van der Waals surface area contributed by atoms with Crippen molar-refractivity contribution in [2.45, 2.75) is 27.7 Å². The number of ether oxygens (including phenoxy) is 2. The van der Waals surface area contributed by atoms with Crippen LogP contribution in [0.15, 0.2) is 24.5 Å². The molecule has 0 bridgehead atoms. The second-order valence-electron chi connectivity index (χ2n) is 6.70. The summed E-state index contributed by atoms with van der Waals surface area (Å²) >= 11 is 0. The molecule has 144 valence electrons. The molecule has 0 aliphatic heterocycles. The van der Waals surface area contributed by atoms with E-state index in [1.807, 2.05) is 6.92 Å². The van der Waals surface area contributed by atoms with E-state index >= 15 is 0 Å². The van der Waals surface area contributed by atoms with E-state index < -0.39 is 17.1 Å². The van der Waals surface area contributed by atoms with E-state index in [-0.39, 0.29) is 18.3 Å². The predicted octanol–water partition coefficient (Wildman–Crippen LogP) is 2.84. The molecule has 0 saturated carbocycles. The summed E-state index contributed by atoms with van der Waals surface area (Å²) in [7, 11) is 0. The SMILES string of the molecule is CCOC(=O)C(C)(C)COc1cc(C)c(-c2cnc(C(=N)N)c(F)c2)cn1. The monoisotopic (exact) mass is 374 g/mol. The number of hydrogen-bond acceptors (Lipinski definition) is 6. The molecule has 2 heterocycles. The van der Waals surface area contributed by atoms with Crippen molar-refractivity contribution >= 4 is 11.8 Å². The van der Waals surface area contributed by atoms with E-state index in [1.165, 1.54) is 12.3 Å². The van der Waals surface area contributed by atoms with Crippen LogP contribution < -0.4 is 10.5 Å². The van der Waals surface area contributed by atoms with Gasteiger partial charge in [-0.05, 0) is 39.3 Å². The molecule has 27 heavy (non-hydrogen) atoms. The first kappa shape index (κ1) is 20.3. The Labute approximate surface area is 157 Å². The summed E-state index contributed by atoms with van der Waals surface area (Å²) in [5.74, 6) is -1.09. The standard InChI is InChI=1S/C19H23FN4O3/c1-5-26-18(25)19(3,4)10-27-15-6-11(2)13(9-23-15)12-7-14(20)16(17(21)22)24-8-12/h6-9H,5,10H2,1-4H3,(H3,21,22). The molecule has 3 N–H and O–H groups in total. The lowest BCUT2D eigenvalue weighted by Gasteiger charge is -2.22. The van der Waals surface area contributed by atoms with Crippen molar-refractivity contribution in [2.75, 3.05) is 13.2 Å². The van der Waals surface area contributed by atoms with Gasteiger partial charge in [0.25, 0.3) is 0 Å². The van der Waals surface area contributed by atoms with E-state index in [9.17, 15) is 9.18 Å². The second kappa shape index (κ2) is 8.11. The molecule has 0 spiro atoms. The fraction of sp³-hybridized carbons (Fsp3) is 0.368. The molecular weight excluding hydrogens is 351 g/mol. The van der Waals surface area contributed by atoms with Gasteiger partial charge in [-0.2, -0.15) is 0 Å². The van der Waals surface area contributed by atoms with Crippen LogP contribution in [0.2, 0.25) is 0 Å². The molecule has 7 nitrogen and oxygen atoms in total. The maximum Gasteiger partial charge on any atom is 0.314 e. The zero-order valence-electron chi connectivity index (χ0n) is 15.8. The fourth-order valence-corrected chi connectivity index (χ4v) is 2.33. The van der Waals surface area contributed by atoms with Crippen molar-refractivity contribution in [1.82, 2.24) is 9.97 Å². The largest absolute Gasteiger partial charge is 0.476 e. The predicted molar refractivity (Wildman–Crippen MR) is 99.1 cm³/mol. The minimum Gasteiger partial charge on any atom is -0.476 e. The smallest absolute Gasteiger partial charge is 0.314 e. The normalized spacial score (nSPS) is 11.1. The van der Waals surface area contributed by atoms with Crippen LogP contribution in [-0.2, 0) is 9.53 Å². The maximum atomic E-state index is 14.0. The lowest BCUT2D eigenvalue weighted by molar-refractivity contribution is -0.155. The van der Waals surface area contributed by atoms with Crippen molar-refractivity contribution in [3.8, 4) is 17.0 Å². The number of aryl methyl sites for hydroxylation is 1. The Morgan fingerprint density at radius 2 is 2.00 bits per heavy atom. The Hall–Kier alpha value is -3.03. The summed E-state index contributed by atoms with van der Waals surface area (Å²) < 4.78 is 24.7. The number of carbonyl (C=O) groups excluding carboxylic acids is 1. The summed E-state index contributed by atoms with van der Waals surface area (Å²) in [5.41, 5.74) is 6.27. The quantitative estimate of drug-likeness (QED) is 0.438. The van der Waals surface area contributed by atoms with Gasteiger partial charge in [0, 0.05) is 29.6 Å². The van der Waals surface area contributed by atoms with Crippen LogP contribution in [0.3, 0.4) is 0 Å². The Kier molecular flexibility index (Phi) is 6.09. The molecule has 0 saturated heterocycles. The van der Waals surface area contributed by atoms with Crippen molar-refractivity contribution in [3.63, 3.8) is 0 Å². The van der Waals surface area contributed by atoms with Gasteiger partial charge in [0.2, 0.25) is 5.88 Å². The lowest BCUT2D eigenvalue weighted by atomic mass is 9.95. The Bertz CT molecular complexity index is 868. The summed E-state index contributed by atoms with van der Waals surface area (Å²) in [6.07, 6.45) is 2.99. The molecule has 2 aromatic heterocycles. The summed E-state index contributed by atoms with van der Waals surface area (Å²) in [4.78, 5) is 20.0. The average molecular weight is 374 g/mol. The molecule has 0 aliphatic rings. The topological polar surface area (TPSA) is 111 Å². The van der Waals surface area contributed by atoms with Gasteiger partial charge in [-0.15, -0.1) is 0 Å². The van der Waals surface area contributed by atoms with E-state index in [0.29, 0.717) is 23.6 Å². The number of aromatic nitrogens is 2. The summed E-state index contributed by atoms with van der Waals surface area (Å²) in [5, 5.41) is 7.29. The van der Waals surface area contributed by atoms with E-state index in [0.717, 1.165) is 5.56 Å². The Morgan fingerprint density at radius 1 is 1.30 bits per heavy atom. The third kappa shape index (κ3) is 4.78. The molecule has 0 amide bonds. The molecule has 0 aliphatic carbocycles. The highest BCUT2D eigenvalue weighted by Crippen LogP contribution is 2.27. The molecule has 0 radical (unpaired) electrons. The van der Waals surface area contributed by atoms with Gasteiger partial charge >= 0.3 is 5.97 Å². The van der Waals surface area contributed by atoms with Crippen LogP contribution in [0, 0.1) is 23.6 Å². The molecule has 2 rings (SSSR count).